The Morgan fingerprint density at radius 2 is 1.69 bits per heavy atom. The second-order valence-corrected chi connectivity index (χ2v) is 7.25. The lowest BCUT2D eigenvalue weighted by atomic mass is 10.1. The van der Waals surface area contributed by atoms with Gasteiger partial charge in [0.05, 0.1) is 17.7 Å². The topological polar surface area (TPSA) is 65.6 Å². The Labute approximate surface area is 171 Å². The van der Waals surface area contributed by atoms with Crippen LogP contribution in [0, 0.1) is 5.82 Å². The molecular formula is C21H19ClFN3O3. The van der Waals surface area contributed by atoms with Crippen LogP contribution in [0.1, 0.15) is 20.8 Å². The number of aromatic amines is 1. The van der Waals surface area contributed by atoms with Gasteiger partial charge in [-0.2, -0.15) is 0 Å². The smallest absolute Gasteiger partial charge is 0.270 e. The Bertz CT molecular complexity index is 1090. The van der Waals surface area contributed by atoms with E-state index in [1.807, 2.05) is 24.3 Å². The fourth-order valence-electron chi connectivity index (χ4n) is 3.46. The van der Waals surface area contributed by atoms with Crippen LogP contribution in [0.2, 0.25) is 5.02 Å². The zero-order valence-corrected chi connectivity index (χ0v) is 16.5. The van der Waals surface area contributed by atoms with Crippen LogP contribution in [-0.4, -0.2) is 59.9 Å². The number of benzene rings is 2. The predicted molar refractivity (Wildman–Crippen MR) is 108 cm³/mol. The van der Waals surface area contributed by atoms with Crippen molar-refractivity contribution in [2.75, 3.05) is 33.3 Å². The minimum absolute atomic E-state index is 0.0852. The highest BCUT2D eigenvalue weighted by molar-refractivity contribution is 6.33. The largest absolute Gasteiger partial charge is 0.497 e. The summed E-state index contributed by atoms with van der Waals surface area (Å²) in [5, 5.41) is 1.01. The van der Waals surface area contributed by atoms with Gasteiger partial charge in [-0.15, -0.1) is 0 Å². The number of nitrogens with one attached hydrogen (secondary N) is 1. The number of aromatic nitrogens is 1. The summed E-state index contributed by atoms with van der Waals surface area (Å²) in [6.07, 6.45) is 0. The number of nitrogens with zero attached hydrogens (tertiary/aromatic N) is 2. The number of H-pyrrole nitrogens is 1. The fourth-order valence-corrected chi connectivity index (χ4v) is 3.71. The van der Waals surface area contributed by atoms with Crippen LogP contribution in [0.5, 0.6) is 5.75 Å². The Balaban J connectivity index is 1.44. The normalized spacial score (nSPS) is 14.3. The number of rotatable bonds is 3. The summed E-state index contributed by atoms with van der Waals surface area (Å²) in [7, 11) is 1.59. The van der Waals surface area contributed by atoms with E-state index in [2.05, 4.69) is 4.98 Å². The molecule has 8 heteroatoms. The number of hydrogen-bond acceptors (Lipinski definition) is 3. The molecule has 0 aliphatic carbocycles. The molecule has 0 bridgehead atoms. The Morgan fingerprint density at radius 1 is 1.00 bits per heavy atom. The maximum Gasteiger partial charge on any atom is 0.270 e. The summed E-state index contributed by atoms with van der Waals surface area (Å²) in [6, 6.07) is 11.1. The van der Waals surface area contributed by atoms with Crippen LogP contribution >= 0.6 is 11.6 Å². The van der Waals surface area contributed by atoms with Crippen molar-refractivity contribution in [3.8, 4) is 5.75 Å². The molecule has 3 aromatic rings. The van der Waals surface area contributed by atoms with Crippen molar-refractivity contribution < 1.29 is 18.7 Å². The van der Waals surface area contributed by atoms with Gasteiger partial charge in [0, 0.05) is 43.1 Å². The number of fused-ring (bicyclic) bond motifs is 1. The van der Waals surface area contributed by atoms with E-state index in [1.54, 1.807) is 16.9 Å². The van der Waals surface area contributed by atoms with Crippen molar-refractivity contribution in [2.24, 2.45) is 0 Å². The summed E-state index contributed by atoms with van der Waals surface area (Å²) in [6.45, 7) is 1.57. The van der Waals surface area contributed by atoms with Crippen molar-refractivity contribution in [2.45, 2.75) is 0 Å². The van der Waals surface area contributed by atoms with Crippen LogP contribution in [0.15, 0.2) is 42.5 Å². The standard InChI is InChI=1S/C21H19ClFN3O3/c1-29-15-4-2-13-10-19(24-18(13)12-15)21(28)26-8-6-25(7-9-26)20(27)16-5-3-14(23)11-17(16)22/h2-5,10-12,24H,6-9H2,1H3. The lowest BCUT2D eigenvalue weighted by Crippen LogP contribution is -2.50. The molecule has 1 aliphatic rings. The second kappa shape index (κ2) is 7.75. The molecule has 0 radical (unpaired) electrons. The number of hydrogen-bond donors (Lipinski definition) is 1. The van der Waals surface area contributed by atoms with Gasteiger partial charge in [-0.25, -0.2) is 4.39 Å². The highest BCUT2D eigenvalue weighted by Gasteiger charge is 2.27. The summed E-state index contributed by atoms with van der Waals surface area (Å²) < 4.78 is 18.4. The molecule has 2 aromatic carbocycles. The monoisotopic (exact) mass is 415 g/mol. The maximum absolute atomic E-state index is 13.2. The third kappa shape index (κ3) is 3.78. The molecule has 150 valence electrons. The molecule has 0 atom stereocenters. The number of carbonyl (C=O) groups is 2. The van der Waals surface area contributed by atoms with Gasteiger partial charge in [-0.1, -0.05) is 11.6 Å². The molecule has 6 nitrogen and oxygen atoms in total. The van der Waals surface area contributed by atoms with Gasteiger partial charge in [-0.05, 0) is 36.4 Å². The minimum Gasteiger partial charge on any atom is -0.497 e. The Hall–Kier alpha value is -3.06. The van der Waals surface area contributed by atoms with Gasteiger partial charge in [0.15, 0.2) is 0 Å². The van der Waals surface area contributed by atoms with Crippen LogP contribution in [0.4, 0.5) is 4.39 Å². The third-order valence-corrected chi connectivity index (χ3v) is 5.39. The lowest BCUT2D eigenvalue weighted by Gasteiger charge is -2.34. The average molecular weight is 416 g/mol. The van der Waals surface area contributed by atoms with E-state index in [0.717, 1.165) is 17.0 Å². The van der Waals surface area contributed by atoms with Gasteiger partial charge in [0.1, 0.15) is 17.3 Å². The first-order valence-corrected chi connectivity index (χ1v) is 9.54. The fraction of sp³-hybridized carbons (Fsp3) is 0.238. The highest BCUT2D eigenvalue weighted by Crippen LogP contribution is 2.23. The summed E-state index contributed by atoms with van der Waals surface area (Å²) in [5.41, 5.74) is 1.58. The van der Waals surface area contributed by atoms with Gasteiger partial charge in [0.25, 0.3) is 11.8 Å². The number of amides is 2. The van der Waals surface area contributed by atoms with Crippen molar-refractivity contribution in [3.63, 3.8) is 0 Å². The van der Waals surface area contributed by atoms with Crippen molar-refractivity contribution in [1.82, 2.24) is 14.8 Å². The quantitative estimate of drug-likeness (QED) is 0.711. The summed E-state index contributed by atoms with van der Waals surface area (Å²) in [5.74, 6) is -0.158. The third-order valence-electron chi connectivity index (χ3n) is 5.08. The van der Waals surface area contributed by atoms with E-state index in [4.69, 9.17) is 16.3 Å². The summed E-state index contributed by atoms with van der Waals surface area (Å²) >= 11 is 6.00. The van der Waals surface area contributed by atoms with E-state index in [0.29, 0.717) is 37.6 Å². The maximum atomic E-state index is 13.2. The van der Waals surface area contributed by atoms with Crippen LogP contribution < -0.4 is 4.74 Å². The molecule has 2 heterocycles. The van der Waals surface area contributed by atoms with E-state index < -0.39 is 5.82 Å². The average Bonchev–Trinajstić information content (AvgIpc) is 3.16. The highest BCUT2D eigenvalue weighted by atomic mass is 35.5. The van der Waals surface area contributed by atoms with E-state index in [-0.39, 0.29) is 22.4 Å². The first-order chi connectivity index (χ1) is 14.0. The molecule has 1 N–H and O–H groups in total. The van der Waals surface area contributed by atoms with Crippen LogP contribution in [0.25, 0.3) is 10.9 Å². The van der Waals surface area contributed by atoms with Crippen LogP contribution in [0.3, 0.4) is 0 Å². The zero-order chi connectivity index (χ0) is 20.5. The van der Waals surface area contributed by atoms with E-state index >= 15 is 0 Å². The molecule has 1 saturated heterocycles. The Morgan fingerprint density at radius 3 is 2.34 bits per heavy atom. The molecule has 4 rings (SSSR count). The number of methoxy groups -OCH3 is 1. The molecule has 1 fully saturated rings. The van der Waals surface area contributed by atoms with Crippen molar-refractivity contribution in [1.29, 1.82) is 0 Å². The SMILES string of the molecule is COc1ccc2cc(C(=O)N3CCN(C(=O)c4ccc(F)cc4Cl)CC3)[nH]c2c1. The molecule has 0 unspecified atom stereocenters. The Kier molecular flexibility index (Phi) is 5.15. The van der Waals surface area contributed by atoms with Crippen molar-refractivity contribution in [3.05, 3.63) is 64.6 Å². The number of carbonyl (C=O) groups excluding carboxylic acids is 2. The molecule has 29 heavy (non-hydrogen) atoms. The first kappa shape index (κ1) is 19.3. The molecule has 2 amide bonds. The first-order valence-electron chi connectivity index (χ1n) is 9.16. The summed E-state index contributed by atoms with van der Waals surface area (Å²) in [4.78, 5) is 32.0. The predicted octanol–water partition coefficient (Wildman–Crippen LogP) is 3.57. The molecule has 1 aliphatic heterocycles. The van der Waals surface area contributed by atoms with E-state index in [1.165, 1.54) is 12.1 Å². The minimum atomic E-state index is -0.488. The molecule has 1 aromatic heterocycles. The molecule has 0 saturated carbocycles. The lowest BCUT2D eigenvalue weighted by molar-refractivity contribution is 0.0533. The van der Waals surface area contributed by atoms with Crippen LogP contribution in [-0.2, 0) is 0 Å². The number of halogens is 2. The zero-order valence-electron chi connectivity index (χ0n) is 15.7. The second-order valence-electron chi connectivity index (χ2n) is 6.84. The number of ether oxygens (including phenoxy) is 1. The van der Waals surface area contributed by atoms with Gasteiger partial charge in [0.2, 0.25) is 0 Å². The molecular weight excluding hydrogens is 397 g/mol. The van der Waals surface area contributed by atoms with E-state index in [9.17, 15) is 14.0 Å². The number of piperazine rings is 1. The van der Waals surface area contributed by atoms with Gasteiger partial charge >= 0.3 is 0 Å². The molecule has 0 spiro atoms. The van der Waals surface area contributed by atoms with Gasteiger partial charge < -0.3 is 19.5 Å². The van der Waals surface area contributed by atoms with Gasteiger partial charge in [-0.3, -0.25) is 9.59 Å². The van der Waals surface area contributed by atoms with Crippen molar-refractivity contribution >= 4 is 34.3 Å².